The van der Waals surface area contributed by atoms with E-state index < -0.39 is 16.1 Å². The average molecular weight is 610 g/mol. The van der Waals surface area contributed by atoms with E-state index in [0.717, 1.165) is 0 Å². The van der Waals surface area contributed by atoms with Crippen LogP contribution in [0.5, 0.6) is 11.5 Å². The third kappa shape index (κ3) is 6.54. The van der Waals surface area contributed by atoms with E-state index in [2.05, 4.69) is 6.07 Å². The molecule has 0 fully saturated rings. The van der Waals surface area contributed by atoms with Crippen molar-refractivity contribution in [1.29, 1.82) is 5.26 Å². The van der Waals surface area contributed by atoms with Gasteiger partial charge in [0.15, 0.2) is 11.5 Å². The third-order valence-corrected chi connectivity index (χ3v) is 7.62. The lowest BCUT2D eigenvalue weighted by Gasteiger charge is -2.43. The van der Waals surface area contributed by atoms with Gasteiger partial charge in [-0.25, -0.2) is 0 Å². The highest BCUT2D eigenvalue weighted by Crippen LogP contribution is 2.51. The first-order valence-corrected chi connectivity index (χ1v) is 14.7. The molecule has 0 N–H and O–H groups in total. The van der Waals surface area contributed by atoms with Gasteiger partial charge in [-0.15, -0.1) is 0 Å². The molecule has 0 heterocycles. The van der Waals surface area contributed by atoms with Crippen LogP contribution in [0.4, 0.5) is 5.69 Å². The van der Waals surface area contributed by atoms with Crippen LogP contribution in [-0.2, 0) is 20.8 Å². The molecule has 9 heteroatoms. The van der Waals surface area contributed by atoms with Crippen LogP contribution in [0.3, 0.4) is 0 Å². The van der Waals surface area contributed by atoms with Gasteiger partial charge in [0.25, 0.3) is 5.69 Å². The Kier molecular flexibility index (Phi) is 10.6. The van der Waals surface area contributed by atoms with E-state index >= 15 is 0 Å². The van der Waals surface area contributed by atoms with E-state index in [9.17, 15) is 15.4 Å². The fourth-order valence-electron chi connectivity index (χ4n) is 5.73. The minimum absolute atomic E-state index is 0.0568. The van der Waals surface area contributed by atoms with E-state index in [1.54, 1.807) is 36.4 Å². The summed E-state index contributed by atoms with van der Waals surface area (Å²) in [6.07, 6.45) is 0. The Morgan fingerprint density at radius 3 is 1.80 bits per heavy atom. The number of nitro groups is 1. The summed E-state index contributed by atoms with van der Waals surface area (Å²) in [5, 5.41) is 25.4. The van der Waals surface area contributed by atoms with Crippen molar-refractivity contribution >= 4 is 5.69 Å². The summed E-state index contributed by atoms with van der Waals surface area (Å²) in [6.45, 7) is 7.54. The molecule has 0 spiro atoms. The molecule has 0 saturated carbocycles. The van der Waals surface area contributed by atoms with E-state index in [0.29, 0.717) is 28.2 Å². The van der Waals surface area contributed by atoms with Crippen molar-refractivity contribution in [3.8, 4) is 17.6 Å². The number of hydrogen-bond acceptors (Lipinski definition) is 8. The largest absolute Gasteiger partial charge is 0.493 e. The summed E-state index contributed by atoms with van der Waals surface area (Å²) in [7, 11) is 3.08. The van der Waals surface area contributed by atoms with E-state index in [4.69, 9.17) is 19.0 Å². The van der Waals surface area contributed by atoms with Crippen LogP contribution in [0, 0.1) is 21.4 Å². The number of nitriles is 1. The fourth-order valence-corrected chi connectivity index (χ4v) is 5.73. The Morgan fingerprint density at radius 1 is 0.778 bits per heavy atom. The van der Waals surface area contributed by atoms with Gasteiger partial charge in [0.1, 0.15) is 18.3 Å². The van der Waals surface area contributed by atoms with Crippen molar-refractivity contribution in [2.45, 2.75) is 51.0 Å². The van der Waals surface area contributed by atoms with Crippen LogP contribution in [0.2, 0.25) is 0 Å². The zero-order chi connectivity index (χ0) is 32.6. The van der Waals surface area contributed by atoms with Gasteiger partial charge in [-0.1, -0.05) is 84.9 Å². The zero-order valence-electron chi connectivity index (χ0n) is 26.5. The SMILES string of the molecule is COc1cccc(C(OC(C#N)(CON(C(C)C)C(C)C)c2ccccc2[N+](=O)[O-])(c2ccccc2)c2ccccc2)c1OC. The van der Waals surface area contributed by atoms with Crippen LogP contribution in [0.1, 0.15) is 49.9 Å². The number of para-hydroxylation sites is 2. The number of nitro benzene ring substituents is 1. The monoisotopic (exact) mass is 609 g/mol. The lowest BCUT2D eigenvalue weighted by molar-refractivity contribution is -0.387. The van der Waals surface area contributed by atoms with Gasteiger partial charge < -0.3 is 14.2 Å². The first-order chi connectivity index (χ1) is 21.6. The van der Waals surface area contributed by atoms with Crippen molar-refractivity contribution in [2.75, 3.05) is 20.8 Å². The molecular formula is C36H39N3O6. The molecule has 0 saturated heterocycles. The maximum Gasteiger partial charge on any atom is 0.276 e. The lowest BCUT2D eigenvalue weighted by Crippen LogP contribution is -2.48. The van der Waals surface area contributed by atoms with Crippen molar-refractivity contribution < 1.29 is 24.0 Å². The molecule has 0 radical (unpaired) electrons. The third-order valence-electron chi connectivity index (χ3n) is 7.62. The van der Waals surface area contributed by atoms with Gasteiger partial charge >= 0.3 is 0 Å². The molecule has 1 atom stereocenters. The molecule has 0 amide bonds. The highest BCUT2D eigenvalue weighted by Gasteiger charge is 2.51. The number of hydroxylamine groups is 2. The second-order valence-corrected chi connectivity index (χ2v) is 11.1. The van der Waals surface area contributed by atoms with Crippen molar-refractivity contribution in [3.63, 3.8) is 0 Å². The summed E-state index contributed by atoms with van der Waals surface area (Å²) in [5.74, 6) is 0.833. The highest BCUT2D eigenvalue weighted by molar-refractivity contribution is 5.59. The highest BCUT2D eigenvalue weighted by atomic mass is 16.7. The van der Waals surface area contributed by atoms with Crippen LogP contribution in [-0.4, -0.2) is 42.9 Å². The quantitative estimate of drug-likeness (QED) is 0.0828. The molecule has 0 aliphatic rings. The smallest absolute Gasteiger partial charge is 0.276 e. The van der Waals surface area contributed by atoms with Gasteiger partial charge in [-0.3, -0.25) is 15.0 Å². The average Bonchev–Trinajstić information content (AvgIpc) is 3.06. The topological polar surface area (TPSA) is 107 Å². The minimum Gasteiger partial charge on any atom is -0.493 e. The molecule has 9 nitrogen and oxygen atoms in total. The second-order valence-electron chi connectivity index (χ2n) is 11.1. The van der Waals surface area contributed by atoms with Gasteiger partial charge in [0.2, 0.25) is 5.60 Å². The summed E-state index contributed by atoms with van der Waals surface area (Å²) in [5.41, 5.74) is -1.92. The predicted octanol–water partition coefficient (Wildman–Crippen LogP) is 7.39. The molecule has 4 rings (SSSR count). The summed E-state index contributed by atoms with van der Waals surface area (Å²) < 4.78 is 19.0. The predicted molar refractivity (Wildman–Crippen MR) is 172 cm³/mol. The Bertz CT molecular complexity index is 1570. The van der Waals surface area contributed by atoms with Gasteiger partial charge in [-0.2, -0.15) is 10.3 Å². The van der Waals surface area contributed by atoms with E-state index in [1.165, 1.54) is 13.2 Å². The first-order valence-electron chi connectivity index (χ1n) is 14.7. The van der Waals surface area contributed by atoms with E-state index in [-0.39, 0.29) is 29.9 Å². The Labute approximate surface area is 264 Å². The maximum absolute atomic E-state index is 12.5. The summed E-state index contributed by atoms with van der Waals surface area (Å²) in [6, 6.07) is 32.6. The molecule has 234 valence electrons. The van der Waals surface area contributed by atoms with Crippen molar-refractivity contribution in [3.05, 3.63) is 135 Å². The number of ether oxygens (including phenoxy) is 3. The molecule has 45 heavy (non-hydrogen) atoms. The maximum atomic E-state index is 12.5. The summed E-state index contributed by atoms with van der Waals surface area (Å²) in [4.78, 5) is 18.3. The normalized spacial score (nSPS) is 13.0. The molecule has 0 bridgehead atoms. The second kappa shape index (κ2) is 14.4. The Morgan fingerprint density at radius 2 is 1.31 bits per heavy atom. The Hall–Kier alpha value is -4.75. The number of benzene rings is 4. The first kappa shape index (κ1) is 33.1. The van der Waals surface area contributed by atoms with Crippen molar-refractivity contribution in [2.24, 2.45) is 0 Å². The molecular weight excluding hydrogens is 570 g/mol. The van der Waals surface area contributed by atoms with E-state index in [1.807, 2.05) is 100 Å². The van der Waals surface area contributed by atoms with Crippen LogP contribution in [0.15, 0.2) is 103 Å². The molecule has 0 aliphatic carbocycles. The molecule has 0 aliphatic heterocycles. The Balaban J connectivity index is 2.15. The number of methoxy groups -OCH3 is 2. The minimum atomic E-state index is -2.01. The van der Waals surface area contributed by atoms with Gasteiger partial charge in [0.05, 0.1) is 24.7 Å². The molecule has 4 aromatic rings. The molecule has 4 aromatic carbocycles. The van der Waals surface area contributed by atoms with Gasteiger partial charge in [0, 0.05) is 23.7 Å². The van der Waals surface area contributed by atoms with Crippen LogP contribution in [0.25, 0.3) is 0 Å². The van der Waals surface area contributed by atoms with Crippen LogP contribution >= 0.6 is 0 Å². The number of nitrogens with zero attached hydrogens (tertiary/aromatic N) is 3. The molecule has 0 aromatic heterocycles. The zero-order valence-corrected chi connectivity index (χ0v) is 26.5. The number of hydrogen-bond donors (Lipinski definition) is 0. The lowest BCUT2D eigenvalue weighted by atomic mass is 9.78. The van der Waals surface area contributed by atoms with Gasteiger partial charge in [-0.05, 0) is 51.0 Å². The standard InChI is InChI=1S/C36H39N3O6/c1-26(2)38(27(3)4)44-25-35(24-37,30-20-13-14-22-32(30)39(40)41)45-36(28-16-9-7-10-17-28,29-18-11-8-12-19-29)31-21-15-23-33(42-5)34(31)43-6/h7-23,26-27H,25H2,1-6H3. The molecule has 1 unspecified atom stereocenters. The number of rotatable bonds is 14. The van der Waals surface area contributed by atoms with Crippen LogP contribution < -0.4 is 9.47 Å². The fraction of sp³-hybridized carbons (Fsp3) is 0.306. The van der Waals surface area contributed by atoms with Crippen molar-refractivity contribution in [1.82, 2.24) is 5.06 Å². The summed E-state index contributed by atoms with van der Waals surface area (Å²) >= 11 is 0.